The molecule has 0 aliphatic heterocycles. The first-order valence-electron chi connectivity index (χ1n) is 16.9. The van der Waals surface area contributed by atoms with Gasteiger partial charge in [-0.15, -0.1) is 11.3 Å². The molecule has 3 aromatic heterocycles. The van der Waals surface area contributed by atoms with E-state index in [1.165, 1.54) is 25.7 Å². The molecule has 0 radical (unpaired) electrons. The van der Waals surface area contributed by atoms with Crippen molar-refractivity contribution in [2.45, 2.75) is 12.3 Å². The first kappa shape index (κ1) is 28.8. The summed E-state index contributed by atoms with van der Waals surface area (Å²) in [5.74, 6) is 2.29. The van der Waals surface area contributed by atoms with Crippen LogP contribution in [0.15, 0.2) is 162 Å². The van der Waals surface area contributed by atoms with Gasteiger partial charge in [-0.25, -0.2) is 15.0 Å². The molecule has 9 aromatic rings. The molecule has 0 spiro atoms. The highest BCUT2D eigenvalue weighted by Crippen LogP contribution is 2.41. The zero-order valence-corrected chi connectivity index (χ0v) is 27.8. The van der Waals surface area contributed by atoms with Crippen LogP contribution >= 0.6 is 11.3 Å². The van der Waals surface area contributed by atoms with Gasteiger partial charge in [0.25, 0.3) is 0 Å². The molecule has 0 amide bonds. The Balaban J connectivity index is 1.17. The molecule has 1 unspecified atom stereocenters. The second kappa shape index (κ2) is 11.8. The fourth-order valence-electron chi connectivity index (χ4n) is 7.26. The van der Waals surface area contributed by atoms with Gasteiger partial charge < -0.3 is 4.42 Å². The van der Waals surface area contributed by atoms with E-state index in [4.69, 9.17) is 19.4 Å². The molecule has 5 heteroatoms. The molecule has 0 saturated carbocycles. The first-order chi connectivity index (χ1) is 24.8. The lowest BCUT2D eigenvalue weighted by molar-refractivity contribution is 0.669. The molecule has 4 nitrogen and oxygen atoms in total. The predicted octanol–water partition coefficient (Wildman–Crippen LogP) is 12.4. The summed E-state index contributed by atoms with van der Waals surface area (Å²) in [6.45, 7) is 0. The molecule has 0 saturated heterocycles. The molecule has 236 valence electrons. The van der Waals surface area contributed by atoms with Gasteiger partial charge in [0, 0.05) is 53.6 Å². The Morgan fingerprint density at radius 3 is 2.10 bits per heavy atom. The van der Waals surface area contributed by atoms with Crippen LogP contribution in [0.1, 0.15) is 17.9 Å². The van der Waals surface area contributed by atoms with Crippen LogP contribution in [-0.2, 0) is 0 Å². The van der Waals surface area contributed by atoms with E-state index in [-0.39, 0.29) is 0 Å². The maximum absolute atomic E-state index is 6.23. The standard InChI is InChI=1S/C45H29N3OS/c1-2-12-28(13-3-1)29-14-8-16-31(26-29)43-46-44(48-45(47-43)37-22-10-21-35-34-18-5-7-25-40(34)50-42(35)37)32-17-9-15-30(27-32)33-20-11-24-39-41(33)36-19-4-6-23-38(36)49-39/h1-12,14-28H,13H2. The van der Waals surface area contributed by atoms with E-state index in [9.17, 15) is 0 Å². The minimum atomic E-state index is 0.325. The third kappa shape index (κ3) is 4.86. The summed E-state index contributed by atoms with van der Waals surface area (Å²) in [5.41, 5.74) is 8.11. The van der Waals surface area contributed by atoms with Gasteiger partial charge in [0.1, 0.15) is 11.2 Å². The maximum atomic E-state index is 6.23. The average Bonchev–Trinajstić information content (AvgIpc) is 3.77. The number of hydrogen-bond acceptors (Lipinski definition) is 5. The third-order valence-corrected chi connectivity index (χ3v) is 10.9. The smallest absolute Gasteiger partial charge is 0.165 e. The number of fused-ring (bicyclic) bond motifs is 6. The highest BCUT2D eigenvalue weighted by molar-refractivity contribution is 7.26. The van der Waals surface area contributed by atoms with Gasteiger partial charge in [-0.1, -0.05) is 121 Å². The Labute approximate surface area is 292 Å². The van der Waals surface area contributed by atoms with Crippen molar-refractivity contribution in [1.82, 2.24) is 15.0 Å². The van der Waals surface area contributed by atoms with Gasteiger partial charge in [0.05, 0.1) is 0 Å². The van der Waals surface area contributed by atoms with Crippen molar-refractivity contribution in [2.75, 3.05) is 0 Å². The minimum absolute atomic E-state index is 0.325. The van der Waals surface area contributed by atoms with E-state index in [2.05, 4.69) is 140 Å². The monoisotopic (exact) mass is 659 g/mol. The van der Waals surface area contributed by atoms with Crippen LogP contribution < -0.4 is 0 Å². The number of aromatic nitrogens is 3. The summed E-state index contributed by atoms with van der Waals surface area (Å²) in [5, 5.41) is 4.68. The Morgan fingerprint density at radius 1 is 0.540 bits per heavy atom. The lowest BCUT2D eigenvalue weighted by Crippen LogP contribution is -2.02. The number of furan rings is 1. The lowest BCUT2D eigenvalue weighted by Gasteiger charge is -2.15. The van der Waals surface area contributed by atoms with E-state index in [1.807, 2.05) is 18.2 Å². The summed E-state index contributed by atoms with van der Waals surface area (Å²) in [7, 11) is 0. The number of benzene rings is 6. The fraction of sp³-hybridized carbons (Fsp3) is 0.0444. The van der Waals surface area contributed by atoms with E-state index in [0.29, 0.717) is 23.4 Å². The molecule has 1 aliphatic carbocycles. The summed E-state index contributed by atoms with van der Waals surface area (Å²) in [6.07, 6.45) is 9.71. The van der Waals surface area contributed by atoms with Crippen LogP contribution in [0.4, 0.5) is 0 Å². The molecule has 6 aromatic carbocycles. The van der Waals surface area contributed by atoms with Crippen molar-refractivity contribution in [1.29, 1.82) is 0 Å². The van der Waals surface area contributed by atoms with Crippen molar-refractivity contribution >= 4 is 53.4 Å². The van der Waals surface area contributed by atoms with Gasteiger partial charge in [-0.05, 0) is 59.5 Å². The molecule has 0 fully saturated rings. The highest BCUT2D eigenvalue weighted by atomic mass is 32.1. The number of allylic oxidation sites excluding steroid dienone is 4. The largest absolute Gasteiger partial charge is 0.456 e. The fourth-order valence-corrected chi connectivity index (χ4v) is 8.47. The van der Waals surface area contributed by atoms with Crippen LogP contribution in [0.2, 0.25) is 0 Å². The molecular weight excluding hydrogens is 631 g/mol. The normalized spacial score (nSPS) is 14.4. The Morgan fingerprint density at radius 2 is 1.22 bits per heavy atom. The zero-order chi connectivity index (χ0) is 33.0. The van der Waals surface area contributed by atoms with Crippen molar-refractivity contribution in [3.63, 3.8) is 0 Å². The van der Waals surface area contributed by atoms with Crippen molar-refractivity contribution < 1.29 is 4.42 Å². The SMILES string of the molecule is C1=CCC(c2cccc(-c3nc(-c4cccc(-c5cccc6oc7ccccc7c56)c4)nc(-c4cccc5c4sc4ccccc45)n3)c2)C=C1. The third-order valence-electron chi connectivity index (χ3n) is 9.67. The van der Waals surface area contributed by atoms with Crippen LogP contribution in [0.3, 0.4) is 0 Å². The molecular formula is C45H29N3OS. The molecule has 1 atom stereocenters. The number of hydrogen-bond donors (Lipinski definition) is 0. The molecule has 3 heterocycles. The van der Waals surface area contributed by atoms with Crippen LogP contribution in [0, 0.1) is 0 Å². The van der Waals surface area contributed by atoms with Gasteiger partial charge in [0.15, 0.2) is 17.5 Å². The number of thiophene rings is 1. The van der Waals surface area contributed by atoms with Gasteiger partial charge in [-0.3, -0.25) is 0 Å². The second-order valence-corrected chi connectivity index (χ2v) is 13.8. The first-order valence-corrected chi connectivity index (χ1v) is 17.7. The quantitative estimate of drug-likeness (QED) is 0.184. The molecule has 10 rings (SSSR count). The van der Waals surface area contributed by atoms with Crippen LogP contribution in [0.25, 0.3) is 87.4 Å². The maximum Gasteiger partial charge on any atom is 0.165 e. The van der Waals surface area contributed by atoms with E-state index < -0.39 is 0 Å². The molecule has 0 N–H and O–H groups in total. The average molecular weight is 660 g/mol. The Bertz CT molecular complexity index is 2820. The van der Waals surface area contributed by atoms with Crippen LogP contribution in [0.5, 0.6) is 0 Å². The van der Waals surface area contributed by atoms with Crippen LogP contribution in [-0.4, -0.2) is 15.0 Å². The van der Waals surface area contributed by atoms with Crippen molar-refractivity contribution in [3.05, 3.63) is 163 Å². The second-order valence-electron chi connectivity index (χ2n) is 12.7. The van der Waals surface area contributed by atoms with Gasteiger partial charge >= 0.3 is 0 Å². The van der Waals surface area contributed by atoms with Gasteiger partial charge in [0.2, 0.25) is 0 Å². The highest BCUT2D eigenvalue weighted by Gasteiger charge is 2.19. The molecule has 0 bridgehead atoms. The molecule has 1 aliphatic rings. The minimum Gasteiger partial charge on any atom is -0.456 e. The van der Waals surface area contributed by atoms with Crippen molar-refractivity contribution in [2.24, 2.45) is 0 Å². The lowest BCUT2D eigenvalue weighted by atomic mass is 9.91. The van der Waals surface area contributed by atoms with E-state index in [1.54, 1.807) is 11.3 Å². The topological polar surface area (TPSA) is 51.8 Å². The number of para-hydroxylation sites is 1. The number of nitrogens with zero attached hydrogens (tertiary/aromatic N) is 3. The summed E-state index contributed by atoms with van der Waals surface area (Å²) in [4.78, 5) is 15.6. The summed E-state index contributed by atoms with van der Waals surface area (Å²) < 4.78 is 8.66. The van der Waals surface area contributed by atoms with E-state index in [0.717, 1.165) is 56.2 Å². The Kier molecular flexibility index (Phi) is 6.78. The van der Waals surface area contributed by atoms with Crippen molar-refractivity contribution in [3.8, 4) is 45.3 Å². The summed E-state index contributed by atoms with van der Waals surface area (Å²) in [6, 6.07) is 46.7. The van der Waals surface area contributed by atoms with E-state index >= 15 is 0 Å². The Hall–Kier alpha value is -6.17. The zero-order valence-electron chi connectivity index (χ0n) is 27.0. The number of rotatable bonds is 5. The molecule has 50 heavy (non-hydrogen) atoms. The summed E-state index contributed by atoms with van der Waals surface area (Å²) >= 11 is 1.79. The van der Waals surface area contributed by atoms with Gasteiger partial charge in [-0.2, -0.15) is 0 Å². The predicted molar refractivity (Wildman–Crippen MR) is 207 cm³/mol.